The van der Waals surface area contributed by atoms with Gasteiger partial charge in [-0.1, -0.05) is 0 Å². The predicted molar refractivity (Wildman–Crippen MR) is 93.5 cm³/mol. The number of anilines is 1. The van der Waals surface area contributed by atoms with Gasteiger partial charge in [0.2, 0.25) is 5.91 Å². The van der Waals surface area contributed by atoms with Crippen LogP contribution in [-0.4, -0.2) is 57.9 Å². The largest absolute Gasteiger partial charge is 0.485 e. The van der Waals surface area contributed by atoms with E-state index in [-0.39, 0.29) is 18.6 Å². The van der Waals surface area contributed by atoms with Crippen molar-refractivity contribution in [3.8, 4) is 5.75 Å². The average Bonchev–Trinajstić information content (AvgIpc) is 3.38. The third kappa shape index (κ3) is 3.60. The lowest BCUT2D eigenvalue weighted by Gasteiger charge is -2.22. The van der Waals surface area contributed by atoms with E-state index >= 15 is 0 Å². The van der Waals surface area contributed by atoms with Crippen LogP contribution in [0.1, 0.15) is 19.3 Å². The number of pyridine rings is 1. The van der Waals surface area contributed by atoms with Crippen LogP contribution < -0.4 is 9.64 Å². The quantitative estimate of drug-likeness (QED) is 0.826. The molecule has 2 aromatic heterocycles. The lowest BCUT2D eigenvalue weighted by molar-refractivity contribution is -0.131. The zero-order valence-corrected chi connectivity index (χ0v) is 14.3. The molecule has 4 heterocycles. The van der Waals surface area contributed by atoms with Crippen molar-refractivity contribution in [3.05, 3.63) is 36.8 Å². The molecule has 0 aromatic carbocycles. The van der Waals surface area contributed by atoms with Gasteiger partial charge < -0.3 is 14.5 Å². The molecule has 0 N–H and O–H groups in total. The summed E-state index contributed by atoms with van der Waals surface area (Å²) >= 11 is 0. The second kappa shape index (κ2) is 7.13. The molecule has 7 heteroatoms. The zero-order chi connectivity index (χ0) is 17.1. The first-order chi connectivity index (χ1) is 12.3. The Morgan fingerprint density at radius 3 is 2.88 bits per heavy atom. The van der Waals surface area contributed by atoms with Gasteiger partial charge >= 0.3 is 0 Å². The van der Waals surface area contributed by atoms with Gasteiger partial charge in [0.1, 0.15) is 12.6 Å². The number of carbonyl (C=O) groups excluding carboxylic acids is 1. The number of amides is 1. The molecule has 25 heavy (non-hydrogen) atoms. The van der Waals surface area contributed by atoms with Gasteiger partial charge in [0, 0.05) is 44.6 Å². The summed E-state index contributed by atoms with van der Waals surface area (Å²) in [6.45, 7) is 3.70. The van der Waals surface area contributed by atoms with Crippen molar-refractivity contribution >= 4 is 11.7 Å². The van der Waals surface area contributed by atoms with Crippen LogP contribution in [0, 0.1) is 0 Å². The topological polar surface area (TPSA) is 63.5 Å². The van der Waals surface area contributed by atoms with Gasteiger partial charge in [0.15, 0.2) is 11.6 Å². The minimum atomic E-state index is 0.0205. The normalized spacial score (nSPS) is 20.2. The summed E-state index contributed by atoms with van der Waals surface area (Å²) in [5.74, 6) is 1.85. The van der Waals surface area contributed by atoms with Crippen molar-refractivity contribution in [2.24, 2.45) is 0 Å². The predicted octanol–water partition coefficient (Wildman–Crippen LogP) is 1.56. The maximum Gasteiger partial charge on any atom is 0.244 e. The molecule has 0 radical (unpaired) electrons. The van der Waals surface area contributed by atoms with E-state index in [4.69, 9.17) is 4.74 Å². The van der Waals surface area contributed by atoms with Crippen molar-refractivity contribution in [2.75, 3.05) is 31.1 Å². The summed E-state index contributed by atoms with van der Waals surface area (Å²) in [6, 6.07) is 5.71. The van der Waals surface area contributed by atoms with Crippen LogP contribution in [-0.2, 0) is 11.3 Å². The van der Waals surface area contributed by atoms with Crippen LogP contribution in [0.25, 0.3) is 0 Å². The van der Waals surface area contributed by atoms with Crippen LogP contribution in [0.2, 0.25) is 0 Å². The maximum atomic E-state index is 12.4. The van der Waals surface area contributed by atoms with E-state index in [0.717, 1.165) is 37.6 Å². The molecule has 0 spiro atoms. The van der Waals surface area contributed by atoms with E-state index in [9.17, 15) is 4.79 Å². The zero-order valence-electron chi connectivity index (χ0n) is 14.3. The van der Waals surface area contributed by atoms with E-state index < -0.39 is 0 Å². The first-order valence-corrected chi connectivity index (χ1v) is 8.91. The van der Waals surface area contributed by atoms with Gasteiger partial charge in [-0.25, -0.2) is 4.98 Å². The smallest absolute Gasteiger partial charge is 0.244 e. The number of likely N-dealkylation sites (tertiary alicyclic amines) is 1. The highest BCUT2D eigenvalue weighted by Crippen LogP contribution is 2.30. The molecule has 0 unspecified atom stereocenters. The molecule has 0 saturated carbocycles. The Morgan fingerprint density at radius 2 is 2.08 bits per heavy atom. The lowest BCUT2D eigenvalue weighted by Crippen LogP contribution is -2.33. The van der Waals surface area contributed by atoms with Gasteiger partial charge in [0.05, 0.1) is 6.54 Å². The molecule has 2 saturated heterocycles. The summed E-state index contributed by atoms with van der Waals surface area (Å²) in [5, 5.41) is 4.09. The van der Waals surface area contributed by atoms with Gasteiger partial charge in [0.25, 0.3) is 0 Å². The molecule has 0 aliphatic carbocycles. The first kappa shape index (κ1) is 15.9. The molecule has 1 atom stereocenters. The molecular weight excluding hydrogens is 318 g/mol. The van der Waals surface area contributed by atoms with E-state index in [1.165, 1.54) is 12.8 Å². The summed E-state index contributed by atoms with van der Waals surface area (Å²) in [5.41, 5.74) is 0. The van der Waals surface area contributed by atoms with Crippen LogP contribution in [0.3, 0.4) is 0 Å². The van der Waals surface area contributed by atoms with Crippen molar-refractivity contribution in [1.82, 2.24) is 19.7 Å². The fraction of sp³-hybridized carbons (Fsp3) is 0.500. The van der Waals surface area contributed by atoms with Gasteiger partial charge in [-0.2, -0.15) is 5.10 Å². The number of aromatic nitrogens is 3. The Labute approximate surface area is 147 Å². The fourth-order valence-electron chi connectivity index (χ4n) is 3.50. The van der Waals surface area contributed by atoms with Gasteiger partial charge in [-0.3, -0.25) is 9.48 Å². The molecule has 132 valence electrons. The number of hydrogen-bond acceptors (Lipinski definition) is 5. The highest BCUT2D eigenvalue weighted by atomic mass is 16.5. The molecule has 2 fully saturated rings. The van der Waals surface area contributed by atoms with Gasteiger partial charge in [-0.05, 0) is 31.0 Å². The summed E-state index contributed by atoms with van der Waals surface area (Å²) in [6.07, 6.45) is 8.58. The summed E-state index contributed by atoms with van der Waals surface area (Å²) in [4.78, 5) is 21.0. The number of carbonyl (C=O) groups is 1. The first-order valence-electron chi connectivity index (χ1n) is 8.91. The van der Waals surface area contributed by atoms with E-state index in [1.54, 1.807) is 17.1 Å². The van der Waals surface area contributed by atoms with Crippen molar-refractivity contribution in [3.63, 3.8) is 0 Å². The molecule has 7 nitrogen and oxygen atoms in total. The Morgan fingerprint density at radius 1 is 1.20 bits per heavy atom. The molecule has 0 bridgehead atoms. The summed E-state index contributed by atoms with van der Waals surface area (Å²) < 4.78 is 7.87. The van der Waals surface area contributed by atoms with Crippen LogP contribution in [0.5, 0.6) is 5.75 Å². The number of rotatable bonds is 5. The van der Waals surface area contributed by atoms with E-state index in [1.807, 2.05) is 29.3 Å². The van der Waals surface area contributed by atoms with E-state index in [2.05, 4.69) is 15.0 Å². The highest BCUT2D eigenvalue weighted by Gasteiger charge is 2.29. The standard InChI is InChI=1S/C18H23N5O2/c24-17(14-23-11-4-8-20-23)22-12-6-15(13-22)25-16-5-3-7-19-18(16)21-9-1-2-10-21/h3-5,7-8,11,15H,1-2,6,9-10,12-14H2/t15-/m0/s1. The fourth-order valence-corrected chi connectivity index (χ4v) is 3.50. The number of hydrogen-bond donors (Lipinski definition) is 0. The highest BCUT2D eigenvalue weighted by molar-refractivity contribution is 5.76. The molecule has 1 amide bonds. The second-order valence-electron chi connectivity index (χ2n) is 6.59. The van der Waals surface area contributed by atoms with Crippen molar-refractivity contribution < 1.29 is 9.53 Å². The second-order valence-corrected chi connectivity index (χ2v) is 6.59. The third-order valence-electron chi connectivity index (χ3n) is 4.80. The Kier molecular flexibility index (Phi) is 4.54. The van der Waals surface area contributed by atoms with Crippen molar-refractivity contribution in [2.45, 2.75) is 31.9 Å². The SMILES string of the molecule is O=C(Cn1cccn1)N1CC[C@H](Oc2cccnc2N2CCCC2)C1. The molecule has 2 aromatic rings. The monoisotopic (exact) mass is 341 g/mol. The van der Waals surface area contributed by atoms with Crippen molar-refractivity contribution in [1.29, 1.82) is 0 Å². The Bertz CT molecular complexity index is 712. The van der Waals surface area contributed by atoms with Crippen LogP contribution in [0.4, 0.5) is 5.82 Å². The molecule has 2 aliphatic rings. The van der Waals surface area contributed by atoms with Crippen LogP contribution in [0.15, 0.2) is 36.8 Å². The minimum absolute atomic E-state index is 0.0205. The summed E-state index contributed by atoms with van der Waals surface area (Å²) in [7, 11) is 0. The maximum absolute atomic E-state index is 12.4. The minimum Gasteiger partial charge on any atom is -0.485 e. The van der Waals surface area contributed by atoms with E-state index in [0.29, 0.717) is 6.54 Å². The van der Waals surface area contributed by atoms with Gasteiger partial charge in [-0.15, -0.1) is 0 Å². The molecule has 2 aliphatic heterocycles. The van der Waals surface area contributed by atoms with Crippen LogP contribution >= 0.6 is 0 Å². The lowest BCUT2D eigenvalue weighted by atomic mass is 10.3. The third-order valence-corrected chi connectivity index (χ3v) is 4.80. The molecule has 4 rings (SSSR count). The number of nitrogens with zero attached hydrogens (tertiary/aromatic N) is 5. The number of ether oxygens (including phenoxy) is 1. The average molecular weight is 341 g/mol. The Balaban J connectivity index is 1.37. The molecular formula is C18H23N5O2. The Hall–Kier alpha value is -2.57.